The van der Waals surface area contributed by atoms with E-state index in [0.717, 1.165) is 12.8 Å². The van der Waals surface area contributed by atoms with Gasteiger partial charge in [-0.3, -0.25) is 9.59 Å². The van der Waals surface area contributed by atoms with Gasteiger partial charge in [-0.2, -0.15) is 0 Å². The predicted octanol–water partition coefficient (Wildman–Crippen LogP) is 1.47. The van der Waals surface area contributed by atoms with E-state index >= 15 is 0 Å². The molecule has 1 aliphatic rings. The summed E-state index contributed by atoms with van der Waals surface area (Å²) in [5.41, 5.74) is 0. The second-order valence-electron chi connectivity index (χ2n) is 3.27. The van der Waals surface area contributed by atoms with Crippen LogP contribution in [0.5, 0.6) is 0 Å². The molecule has 0 spiro atoms. The van der Waals surface area contributed by atoms with Gasteiger partial charge in [0.2, 0.25) is 0 Å². The van der Waals surface area contributed by atoms with E-state index in [4.69, 9.17) is 0 Å². The normalized spacial score (nSPS) is 18.0. The average Bonchev–Trinajstić information content (AvgIpc) is 2.87. The van der Waals surface area contributed by atoms with Crippen LogP contribution in [-0.2, 0) is 14.3 Å². The molecule has 0 aromatic heterocycles. The molecule has 0 N–H and O–H groups in total. The molecule has 0 aromatic rings. The van der Waals surface area contributed by atoms with Gasteiger partial charge in [0.25, 0.3) is 0 Å². The Morgan fingerprint density at radius 1 is 1.54 bits per heavy atom. The summed E-state index contributed by atoms with van der Waals surface area (Å²) in [7, 11) is 1.40. The highest BCUT2D eigenvalue weighted by atomic mass is 32.2. The first-order chi connectivity index (χ1) is 6.15. The van der Waals surface area contributed by atoms with Gasteiger partial charge in [-0.1, -0.05) is 11.8 Å². The third kappa shape index (κ3) is 3.38. The van der Waals surface area contributed by atoms with E-state index in [0.29, 0.717) is 11.7 Å². The summed E-state index contributed by atoms with van der Waals surface area (Å²) < 4.78 is 4.68. The first-order valence-corrected chi connectivity index (χ1v) is 5.35. The van der Waals surface area contributed by atoms with Crippen LogP contribution in [0.1, 0.15) is 19.8 Å². The zero-order valence-corrected chi connectivity index (χ0v) is 8.73. The van der Waals surface area contributed by atoms with Gasteiger partial charge in [-0.15, -0.1) is 0 Å². The highest BCUT2D eigenvalue weighted by Gasteiger charge is 2.36. The van der Waals surface area contributed by atoms with Crippen molar-refractivity contribution in [3.8, 4) is 0 Å². The zero-order valence-electron chi connectivity index (χ0n) is 7.91. The molecule has 1 fully saturated rings. The van der Waals surface area contributed by atoms with Crippen LogP contribution >= 0.6 is 11.8 Å². The van der Waals surface area contributed by atoms with Crippen LogP contribution in [0.4, 0.5) is 0 Å². The molecule has 4 heteroatoms. The number of rotatable bonds is 4. The van der Waals surface area contributed by atoms with E-state index in [9.17, 15) is 9.59 Å². The minimum absolute atomic E-state index is 0.0644. The van der Waals surface area contributed by atoms with Gasteiger partial charge in [-0.25, -0.2) is 0 Å². The maximum absolute atomic E-state index is 11.3. The van der Waals surface area contributed by atoms with Crippen molar-refractivity contribution in [1.29, 1.82) is 0 Å². The number of thioether (sulfide) groups is 1. The van der Waals surface area contributed by atoms with Crippen molar-refractivity contribution in [2.24, 2.45) is 11.8 Å². The number of hydrogen-bond acceptors (Lipinski definition) is 4. The van der Waals surface area contributed by atoms with Crippen LogP contribution in [0.15, 0.2) is 0 Å². The number of carbonyl (C=O) groups excluding carboxylic acids is 2. The summed E-state index contributed by atoms with van der Waals surface area (Å²) in [5, 5.41) is 0.0644. The van der Waals surface area contributed by atoms with Gasteiger partial charge in [0.15, 0.2) is 5.12 Å². The predicted molar refractivity (Wildman–Crippen MR) is 51.4 cm³/mol. The number of ether oxygens (including phenoxy) is 1. The SMILES string of the molecule is COC(=O)C(CSC(C)=O)C1CC1. The second kappa shape index (κ2) is 4.65. The lowest BCUT2D eigenvalue weighted by molar-refractivity contribution is -0.145. The third-order valence-corrected chi connectivity index (χ3v) is 3.09. The molecule has 13 heavy (non-hydrogen) atoms. The monoisotopic (exact) mass is 202 g/mol. The van der Waals surface area contributed by atoms with E-state index in [1.807, 2.05) is 0 Å². The molecule has 1 aliphatic carbocycles. The topological polar surface area (TPSA) is 43.4 Å². The van der Waals surface area contributed by atoms with Crippen molar-refractivity contribution in [3.63, 3.8) is 0 Å². The first-order valence-electron chi connectivity index (χ1n) is 4.36. The van der Waals surface area contributed by atoms with E-state index in [1.165, 1.54) is 25.8 Å². The molecule has 0 bridgehead atoms. The van der Waals surface area contributed by atoms with Gasteiger partial charge < -0.3 is 4.74 Å². The zero-order chi connectivity index (χ0) is 9.84. The van der Waals surface area contributed by atoms with Crippen LogP contribution in [0.3, 0.4) is 0 Å². The molecule has 1 atom stereocenters. The lowest BCUT2D eigenvalue weighted by Gasteiger charge is -2.11. The van der Waals surface area contributed by atoms with Crippen molar-refractivity contribution < 1.29 is 14.3 Å². The van der Waals surface area contributed by atoms with Crippen molar-refractivity contribution in [2.75, 3.05) is 12.9 Å². The molecule has 3 nitrogen and oxygen atoms in total. The molecule has 0 heterocycles. The molecule has 1 rings (SSSR count). The lowest BCUT2D eigenvalue weighted by atomic mass is 10.1. The smallest absolute Gasteiger partial charge is 0.309 e. The summed E-state index contributed by atoms with van der Waals surface area (Å²) in [6.07, 6.45) is 2.19. The van der Waals surface area contributed by atoms with Crippen LogP contribution in [0, 0.1) is 11.8 Å². The molecule has 0 amide bonds. The number of carbonyl (C=O) groups is 2. The molecule has 1 unspecified atom stereocenters. The Kier molecular flexibility index (Phi) is 3.78. The van der Waals surface area contributed by atoms with Crippen molar-refractivity contribution in [1.82, 2.24) is 0 Å². The van der Waals surface area contributed by atoms with Crippen molar-refractivity contribution >= 4 is 22.8 Å². The average molecular weight is 202 g/mol. The van der Waals surface area contributed by atoms with E-state index in [1.54, 1.807) is 0 Å². The van der Waals surface area contributed by atoms with E-state index in [2.05, 4.69) is 4.74 Å². The summed E-state index contributed by atoms with van der Waals surface area (Å²) in [5.74, 6) is 0.793. The fraction of sp³-hybridized carbons (Fsp3) is 0.778. The van der Waals surface area contributed by atoms with Gasteiger partial charge in [0.1, 0.15) is 0 Å². The van der Waals surface area contributed by atoms with E-state index in [-0.39, 0.29) is 17.0 Å². The highest BCUT2D eigenvalue weighted by molar-refractivity contribution is 8.13. The lowest BCUT2D eigenvalue weighted by Crippen LogP contribution is -2.21. The molecule has 0 radical (unpaired) electrons. The Morgan fingerprint density at radius 3 is 2.54 bits per heavy atom. The Hall–Kier alpha value is -0.510. The number of methoxy groups -OCH3 is 1. The van der Waals surface area contributed by atoms with Crippen LogP contribution < -0.4 is 0 Å². The van der Waals surface area contributed by atoms with Gasteiger partial charge in [-0.05, 0) is 18.8 Å². The molecule has 0 aliphatic heterocycles. The minimum Gasteiger partial charge on any atom is -0.469 e. The highest BCUT2D eigenvalue weighted by Crippen LogP contribution is 2.39. The molecule has 0 aromatic carbocycles. The largest absolute Gasteiger partial charge is 0.469 e. The molecule has 0 saturated heterocycles. The fourth-order valence-electron chi connectivity index (χ4n) is 1.25. The molecular formula is C9H14O3S. The van der Waals surface area contributed by atoms with Crippen molar-refractivity contribution in [3.05, 3.63) is 0 Å². The van der Waals surface area contributed by atoms with Crippen LogP contribution in [0.2, 0.25) is 0 Å². The standard InChI is InChI=1S/C9H14O3S/c1-6(10)13-5-8(7-3-4-7)9(11)12-2/h7-8H,3-5H2,1-2H3. The van der Waals surface area contributed by atoms with Gasteiger partial charge >= 0.3 is 5.97 Å². The van der Waals surface area contributed by atoms with Gasteiger partial charge in [0, 0.05) is 12.7 Å². The number of esters is 1. The first kappa shape index (κ1) is 10.6. The molecular weight excluding hydrogens is 188 g/mol. The third-order valence-electron chi connectivity index (χ3n) is 2.16. The van der Waals surface area contributed by atoms with Crippen LogP contribution in [-0.4, -0.2) is 23.9 Å². The Balaban J connectivity index is 2.38. The summed E-state index contributed by atoms with van der Waals surface area (Å²) in [6.45, 7) is 1.52. The Labute approximate surface area is 82.2 Å². The van der Waals surface area contributed by atoms with Crippen LogP contribution in [0.25, 0.3) is 0 Å². The molecule has 1 saturated carbocycles. The van der Waals surface area contributed by atoms with Crippen molar-refractivity contribution in [2.45, 2.75) is 19.8 Å². The minimum atomic E-state index is -0.170. The summed E-state index contributed by atoms with van der Waals surface area (Å²) in [4.78, 5) is 22.0. The summed E-state index contributed by atoms with van der Waals surface area (Å²) in [6, 6.07) is 0. The maximum atomic E-state index is 11.3. The fourth-order valence-corrected chi connectivity index (χ4v) is 2.08. The molecule has 74 valence electrons. The number of hydrogen-bond donors (Lipinski definition) is 0. The Morgan fingerprint density at radius 2 is 2.15 bits per heavy atom. The van der Waals surface area contributed by atoms with E-state index < -0.39 is 0 Å². The maximum Gasteiger partial charge on any atom is 0.309 e. The summed E-state index contributed by atoms with van der Waals surface area (Å²) >= 11 is 1.21. The second-order valence-corrected chi connectivity index (χ2v) is 4.47. The Bertz CT molecular complexity index is 211. The quantitative estimate of drug-likeness (QED) is 0.647. The van der Waals surface area contributed by atoms with Gasteiger partial charge in [0.05, 0.1) is 13.0 Å².